The molecule has 0 N–H and O–H groups in total. The molecular formula is C16H12F11N3O2S. The summed E-state index contributed by atoms with van der Waals surface area (Å²) < 4.78 is 169. The zero-order valence-electron chi connectivity index (χ0n) is 16.2. The van der Waals surface area contributed by atoms with E-state index < -0.39 is 73.6 Å². The summed E-state index contributed by atoms with van der Waals surface area (Å²) in [7, 11) is -3.90. The topological polar surface area (TPSA) is 64.8 Å². The molecule has 0 aliphatic heterocycles. The normalized spacial score (nSPS) is 15.1. The molecule has 0 unspecified atom stereocenters. The molecule has 2 rings (SSSR count). The zero-order valence-corrected chi connectivity index (χ0v) is 17.1. The number of hydrogen-bond donors (Lipinski definition) is 0. The molecular weight excluding hydrogens is 507 g/mol. The molecule has 0 aliphatic carbocycles. The van der Waals surface area contributed by atoms with Crippen molar-refractivity contribution >= 4 is 9.84 Å². The van der Waals surface area contributed by atoms with Crippen LogP contribution in [0, 0.1) is 0 Å². The predicted molar refractivity (Wildman–Crippen MR) is 89.0 cm³/mol. The molecule has 0 bridgehead atoms. The van der Waals surface area contributed by atoms with Gasteiger partial charge in [0, 0.05) is 13.2 Å². The minimum Gasteiger partial charge on any atom is -0.327 e. The lowest BCUT2D eigenvalue weighted by atomic mass is 9.96. The summed E-state index contributed by atoms with van der Waals surface area (Å²) in [6.07, 6.45) is -22.8. The second-order valence-corrected chi connectivity index (χ2v) is 8.85. The van der Waals surface area contributed by atoms with Crippen LogP contribution in [0.25, 0.3) is 11.5 Å². The van der Waals surface area contributed by atoms with Crippen LogP contribution in [0.3, 0.4) is 0 Å². The fourth-order valence-electron chi connectivity index (χ4n) is 2.69. The van der Waals surface area contributed by atoms with Crippen LogP contribution in [-0.2, 0) is 23.1 Å². The average molecular weight is 519 g/mol. The molecule has 186 valence electrons. The molecule has 0 saturated carbocycles. The maximum absolute atomic E-state index is 14.4. The third kappa shape index (κ3) is 4.50. The van der Waals surface area contributed by atoms with Crippen molar-refractivity contribution in [1.29, 1.82) is 0 Å². The van der Waals surface area contributed by atoms with Gasteiger partial charge in [-0.15, -0.1) is 0 Å². The first-order valence-corrected chi connectivity index (χ1v) is 10.1. The van der Waals surface area contributed by atoms with Crippen LogP contribution in [-0.4, -0.2) is 46.7 Å². The van der Waals surface area contributed by atoms with E-state index in [4.69, 9.17) is 0 Å². The summed E-state index contributed by atoms with van der Waals surface area (Å²) in [6.45, 7) is 1.03. The fourth-order valence-corrected chi connectivity index (χ4v) is 3.75. The molecule has 0 amide bonds. The smallest absolute Gasteiger partial charge is 0.327 e. The van der Waals surface area contributed by atoms with Gasteiger partial charge in [0.05, 0.1) is 28.1 Å². The molecule has 2 aromatic heterocycles. The lowest BCUT2D eigenvalue weighted by molar-refractivity contribution is -0.359. The Bertz CT molecular complexity index is 1120. The van der Waals surface area contributed by atoms with Gasteiger partial charge in [-0.1, -0.05) is 6.92 Å². The van der Waals surface area contributed by atoms with Gasteiger partial charge in [0.15, 0.2) is 21.8 Å². The molecule has 2 heterocycles. The van der Waals surface area contributed by atoms with Crippen LogP contribution < -0.4 is 0 Å². The molecule has 17 heteroatoms. The van der Waals surface area contributed by atoms with E-state index in [1.165, 1.54) is 0 Å². The Morgan fingerprint density at radius 1 is 0.939 bits per heavy atom. The van der Waals surface area contributed by atoms with Gasteiger partial charge in [0.1, 0.15) is 5.69 Å². The SMILES string of the molecule is CCS(=O)(=O)c1cc(C(F)(F)F)cnc1-c1ncc([C@H](F)C(F)(C(F)(F)F)C(F)(F)F)n1C. The third-order valence-electron chi connectivity index (χ3n) is 4.57. The highest BCUT2D eigenvalue weighted by atomic mass is 32.2. The Kier molecular flexibility index (Phi) is 6.57. The van der Waals surface area contributed by atoms with Gasteiger partial charge >= 0.3 is 24.2 Å². The van der Waals surface area contributed by atoms with Crippen molar-refractivity contribution in [3.63, 3.8) is 0 Å². The number of imidazole rings is 1. The van der Waals surface area contributed by atoms with Crippen molar-refractivity contribution in [3.8, 4) is 11.5 Å². The Labute approximate surface area is 178 Å². The van der Waals surface area contributed by atoms with E-state index in [0.717, 1.165) is 6.92 Å². The molecule has 1 atom stereocenters. The summed E-state index contributed by atoms with van der Waals surface area (Å²) in [5.74, 6) is -1.69. The highest BCUT2D eigenvalue weighted by Crippen LogP contribution is 2.54. The highest BCUT2D eigenvalue weighted by Gasteiger charge is 2.77. The maximum atomic E-state index is 14.4. The highest BCUT2D eigenvalue weighted by molar-refractivity contribution is 7.91. The van der Waals surface area contributed by atoms with Gasteiger partial charge in [-0.05, 0) is 6.07 Å². The second-order valence-electron chi connectivity index (χ2n) is 6.61. The quantitative estimate of drug-likeness (QED) is 0.514. The second kappa shape index (κ2) is 8.09. The molecule has 0 saturated heterocycles. The summed E-state index contributed by atoms with van der Waals surface area (Å²) in [5, 5.41) is 0. The summed E-state index contributed by atoms with van der Waals surface area (Å²) in [4.78, 5) is 5.46. The monoisotopic (exact) mass is 519 g/mol. The Morgan fingerprint density at radius 3 is 1.88 bits per heavy atom. The Morgan fingerprint density at radius 2 is 1.45 bits per heavy atom. The molecule has 0 aliphatic rings. The van der Waals surface area contributed by atoms with Gasteiger partial charge in [0.25, 0.3) is 0 Å². The van der Waals surface area contributed by atoms with Crippen LogP contribution in [0.5, 0.6) is 0 Å². The van der Waals surface area contributed by atoms with E-state index in [9.17, 15) is 56.7 Å². The third-order valence-corrected chi connectivity index (χ3v) is 6.31. The average Bonchev–Trinajstić information content (AvgIpc) is 3.04. The van der Waals surface area contributed by atoms with E-state index >= 15 is 0 Å². The molecule has 33 heavy (non-hydrogen) atoms. The van der Waals surface area contributed by atoms with Crippen LogP contribution in [0.15, 0.2) is 23.4 Å². The molecule has 0 spiro atoms. The van der Waals surface area contributed by atoms with E-state index in [-0.39, 0.29) is 23.0 Å². The zero-order chi connectivity index (χ0) is 25.8. The van der Waals surface area contributed by atoms with Gasteiger partial charge in [0.2, 0.25) is 0 Å². The van der Waals surface area contributed by atoms with E-state index in [0.29, 0.717) is 7.05 Å². The lowest BCUT2D eigenvalue weighted by Crippen LogP contribution is -2.56. The van der Waals surface area contributed by atoms with Gasteiger partial charge in [-0.3, -0.25) is 4.98 Å². The lowest BCUT2D eigenvalue weighted by Gasteiger charge is -2.32. The minimum atomic E-state index is -6.75. The Balaban J connectivity index is 2.76. The van der Waals surface area contributed by atoms with Gasteiger partial charge in [-0.25, -0.2) is 22.2 Å². The van der Waals surface area contributed by atoms with E-state index in [1.54, 1.807) is 0 Å². The van der Waals surface area contributed by atoms with Crippen LogP contribution in [0.4, 0.5) is 48.3 Å². The maximum Gasteiger partial charge on any atom is 0.434 e. The number of hydrogen-bond acceptors (Lipinski definition) is 4. The molecule has 2 aromatic rings. The predicted octanol–water partition coefficient (Wildman–Crippen LogP) is 5.14. The van der Waals surface area contributed by atoms with Crippen molar-refractivity contribution < 1.29 is 56.7 Å². The van der Waals surface area contributed by atoms with Crippen molar-refractivity contribution in [2.45, 2.75) is 42.2 Å². The van der Waals surface area contributed by atoms with Gasteiger partial charge < -0.3 is 4.57 Å². The number of nitrogens with zero attached hydrogens (tertiary/aromatic N) is 3. The van der Waals surface area contributed by atoms with Crippen LogP contribution in [0.2, 0.25) is 0 Å². The number of pyridine rings is 1. The number of alkyl halides is 11. The van der Waals surface area contributed by atoms with Crippen molar-refractivity contribution in [2.24, 2.45) is 7.05 Å². The molecule has 0 fully saturated rings. The fraction of sp³-hybridized carbons (Fsp3) is 0.500. The number of aromatic nitrogens is 3. The molecule has 5 nitrogen and oxygen atoms in total. The first kappa shape index (κ1) is 26.8. The van der Waals surface area contributed by atoms with Crippen molar-refractivity contribution in [2.75, 3.05) is 5.75 Å². The number of sulfone groups is 1. The van der Waals surface area contributed by atoms with Gasteiger partial charge in [-0.2, -0.15) is 39.5 Å². The number of halogens is 11. The van der Waals surface area contributed by atoms with Crippen molar-refractivity contribution in [3.05, 3.63) is 29.7 Å². The van der Waals surface area contributed by atoms with Crippen molar-refractivity contribution in [1.82, 2.24) is 14.5 Å². The Hall–Kier alpha value is -2.46. The first-order chi connectivity index (χ1) is 14.7. The molecule has 0 radical (unpaired) electrons. The van der Waals surface area contributed by atoms with E-state index in [2.05, 4.69) is 9.97 Å². The summed E-state index contributed by atoms with van der Waals surface area (Å²) in [5.41, 5.74) is -10.4. The first-order valence-electron chi connectivity index (χ1n) is 8.48. The summed E-state index contributed by atoms with van der Waals surface area (Å²) >= 11 is 0. The number of rotatable bonds is 5. The van der Waals surface area contributed by atoms with E-state index in [1.807, 2.05) is 0 Å². The summed E-state index contributed by atoms with van der Waals surface area (Å²) in [6, 6.07) is 0.132. The van der Waals surface area contributed by atoms with Crippen LogP contribution >= 0.6 is 0 Å². The molecule has 0 aromatic carbocycles. The van der Waals surface area contributed by atoms with Crippen LogP contribution in [0.1, 0.15) is 24.4 Å². The standard InChI is InChI=1S/C16H12F11N3O2S/c1-3-33(31,32)9-4-7(14(19,20)21)5-28-10(9)12-29-6-8(30(12)2)11(17)13(18,15(22,23)24)16(25,26)27/h4-6,11H,3H2,1-2H3/t11-/m0/s1. The minimum absolute atomic E-state index is 0.0630. The largest absolute Gasteiger partial charge is 0.434 e.